The minimum Gasteiger partial charge on any atom is -0.365 e. The number of nitrogens with zero attached hydrogens (tertiary/aromatic N) is 3. The molecule has 0 aliphatic heterocycles. The summed E-state index contributed by atoms with van der Waals surface area (Å²) in [5, 5.41) is 18.1. The molecule has 29 heavy (non-hydrogen) atoms. The largest absolute Gasteiger partial charge is 0.390 e. The van der Waals surface area contributed by atoms with Crippen molar-refractivity contribution in [3.05, 3.63) is 73.3 Å². The van der Waals surface area contributed by atoms with E-state index < -0.39 is 16.7 Å². The van der Waals surface area contributed by atoms with Gasteiger partial charge in [0.2, 0.25) is 0 Å². The molecule has 0 bridgehead atoms. The third-order valence-electron chi connectivity index (χ3n) is 4.60. The van der Waals surface area contributed by atoms with E-state index in [1.165, 1.54) is 22.1 Å². The maximum Gasteiger partial charge on any atom is 0.390 e. The van der Waals surface area contributed by atoms with Crippen molar-refractivity contribution in [2.45, 2.75) is 27.3 Å². The molecule has 150 valence electrons. The summed E-state index contributed by atoms with van der Waals surface area (Å²) >= 11 is 1.29. The molecular weight excluding hydrogens is 394 g/mol. The van der Waals surface area contributed by atoms with Gasteiger partial charge >= 0.3 is 5.82 Å². The van der Waals surface area contributed by atoms with Crippen molar-refractivity contribution in [3.63, 3.8) is 0 Å². The van der Waals surface area contributed by atoms with Crippen molar-refractivity contribution >= 4 is 34.0 Å². The molecule has 0 fully saturated rings. The number of carbonyl (C=O) groups excluding carboxylic acids is 2. The molecule has 0 radical (unpaired) electrons. The lowest BCUT2D eigenvalue weighted by Crippen LogP contribution is -2.19. The smallest absolute Gasteiger partial charge is 0.365 e. The Bertz CT molecular complexity index is 1130. The summed E-state index contributed by atoms with van der Waals surface area (Å²) in [6.07, 6.45) is 0. The van der Waals surface area contributed by atoms with Crippen molar-refractivity contribution in [2.24, 2.45) is 5.73 Å². The van der Waals surface area contributed by atoms with E-state index in [2.05, 4.69) is 10.4 Å². The summed E-state index contributed by atoms with van der Waals surface area (Å²) in [5.74, 6) is -1.25. The molecule has 1 aromatic carbocycles. The second-order valence-corrected chi connectivity index (χ2v) is 7.75. The molecule has 3 aromatic rings. The molecule has 0 aliphatic carbocycles. The van der Waals surface area contributed by atoms with Crippen molar-refractivity contribution in [3.8, 4) is 0 Å². The highest BCUT2D eigenvalue weighted by Crippen LogP contribution is 2.32. The number of amides is 2. The fourth-order valence-corrected chi connectivity index (χ4v) is 4.03. The Morgan fingerprint density at radius 3 is 2.59 bits per heavy atom. The number of rotatable bonds is 6. The zero-order valence-corrected chi connectivity index (χ0v) is 16.9. The number of aryl methyl sites for hydroxylation is 2. The first-order valence-electron chi connectivity index (χ1n) is 8.67. The molecule has 0 spiro atoms. The average Bonchev–Trinajstić information content (AvgIpc) is 3.15. The second-order valence-electron chi connectivity index (χ2n) is 6.52. The Morgan fingerprint density at radius 2 is 1.97 bits per heavy atom. The zero-order chi connectivity index (χ0) is 21.3. The van der Waals surface area contributed by atoms with Crippen molar-refractivity contribution in [1.29, 1.82) is 0 Å². The van der Waals surface area contributed by atoms with Crippen LogP contribution in [0, 0.1) is 30.9 Å². The lowest BCUT2D eigenvalue weighted by Gasteiger charge is -2.10. The summed E-state index contributed by atoms with van der Waals surface area (Å²) in [5.41, 5.74) is 8.13. The van der Waals surface area contributed by atoms with Crippen LogP contribution in [0.2, 0.25) is 0 Å². The lowest BCUT2D eigenvalue weighted by atomic mass is 10.1. The van der Waals surface area contributed by atoms with Gasteiger partial charge in [0.1, 0.15) is 5.00 Å². The van der Waals surface area contributed by atoms with Crippen LogP contribution >= 0.6 is 11.3 Å². The Balaban J connectivity index is 1.91. The van der Waals surface area contributed by atoms with Crippen LogP contribution in [-0.4, -0.2) is 26.5 Å². The topological polar surface area (TPSA) is 133 Å². The molecule has 0 atom stereocenters. The number of benzene rings is 1. The van der Waals surface area contributed by atoms with Gasteiger partial charge in [-0.2, -0.15) is 4.68 Å². The summed E-state index contributed by atoms with van der Waals surface area (Å²) < 4.78 is 1.47. The number of hydrogen-bond acceptors (Lipinski definition) is 6. The van der Waals surface area contributed by atoms with E-state index in [0.717, 1.165) is 10.4 Å². The SMILES string of the molecule is Cc1sc(NC(=O)c2ccccc2Cn2nc([N+](=O)[O-])cc2C)c(C(N)=O)c1C. The predicted octanol–water partition coefficient (Wildman–Crippen LogP) is 3.18. The Kier molecular flexibility index (Phi) is 5.46. The molecule has 2 amide bonds. The van der Waals surface area contributed by atoms with Crippen LogP contribution in [0.4, 0.5) is 10.8 Å². The maximum absolute atomic E-state index is 12.9. The van der Waals surface area contributed by atoms with E-state index in [9.17, 15) is 19.7 Å². The number of carbonyl (C=O) groups is 2. The van der Waals surface area contributed by atoms with E-state index in [4.69, 9.17) is 5.73 Å². The number of nitrogens with one attached hydrogen (secondary N) is 1. The molecule has 0 saturated heterocycles. The van der Waals surface area contributed by atoms with Crippen molar-refractivity contribution in [2.75, 3.05) is 5.32 Å². The highest BCUT2D eigenvalue weighted by Gasteiger charge is 2.22. The molecule has 10 heteroatoms. The van der Waals surface area contributed by atoms with Gasteiger partial charge in [-0.15, -0.1) is 11.3 Å². The van der Waals surface area contributed by atoms with Gasteiger partial charge in [-0.3, -0.25) is 9.59 Å². The van der Waals surface area contributed by atoms with Crippen LogP contribution in [0.25, 0.3) is 0 Å². The first kappa shape index (κ1) is 20.2. The monoisotopic (exact) mass is 413 g/mol. The zero-order valence-electron chi connectivity index (χ0n) is 16.1. The van der Waals surface area contributed by atoms with Crippen LogP contribution in [0.15, 0.2) is 30.3 Å². The standard InChI is InChI=1S/C19H19N5O4S/c1-10-8-15(24(27)28)22-23(10)9-13-6-4-5-7-14(13)18(26)21-19-16(17(20)25)11(2)12(3)29-19/h4-8H,9H2,1-3H3,(H2,20,25)(H,21,26). The molecule has 2 heterocycles. The molecule has 3 N–H and O–H groups in total. The number of nitro groups is 1. The average molecular weight is 413 g/mol. The van der Waals surface area contributed by atoms with Crippen molar-refractivity contribution < 1.29 is 14.5 Å². The lowest BCUT2D eigenvalue weighted by molar-refractivity contribution is -0.389. The van der Waals surface area contributed by atoms with Gasteiger partial charge in [0.05, 0.1) is 29.0 Å². The number of anilines is 1. The van der Waals surface area contributed by atoms with E-state index in [0.29, 0.717) is 27.4 Å². The van der Waals surface area contributed by atoms with Crippen LogP contribution in [0.1, 0.15) is 42.4 Å². The fraction of sp³-hybridized carbons (Fsp3) is 0.211. The quantitative estimate of drug-likeness (QED) is 0.473. The molecule has 3 rings (SSSR count). The minimum atomic E-state index is -0.602. The number of thiophene rings is 1. The van der Waals surface area contributed by atoms with Crippen LogP contribution in [0.5, 0.6) is 0 Å². The fourth-order valence-electron chi connectivity index (χ4n) is 2.97. The van der Waals surface area contributed by atoms with Gasteiger partial charge in [-0.05, 0) is 42.9 Å². The predicted molar refractivity (Wildman–Crippen MR) is 109 cm³/mol. The van der Waals surface area contributed by atoms with Gasteiger partial charge in [-0.1, -0.05) is 18.2 Å². The molecule has 0 saturated carbocycles. The van der Waals surface area contributed by atoms with Gasteiger partial charge in [0.25, 0.3) is 11.8 Å². The number of nitrogens with two attached hydrogens (primary N) is 1. The normalized spacial score (nSPS) is 10.7. The number of primary amides is 1. The summed E-state index contributed by atoms with van der Waals surface area (Å²) in [7, 11) is 0. The van der Waals surface area contributed by atoms with E-state index in [1.807, 2.05) is 6.92 Å². The van der Waals surface area contributed by atoms with Crippen LogP contribution < -0.4 is 11.1 Å². The van der Waals surface area contributed by atoms with Crippen LogP contribution in [-0.2, 0) is 6.54 Å². The highest BCUT2D eigenvalue weighted by molar-refractivity contribution is 7.16. The first-order chi connectivity index (χ1) is 13.7. The molecule has 0 unspecified atom stereocenters. The van der Waals surface area contributed by atoms with Gasteiger partial charge < -0.3 is 21.2 Å². The Labute approximate surface area is 170 Å². The van der Waals surface area contributed by atoms with E-state index in [-0.39, 0.29) is 12.4 Å². The second kappa shape index (κ2) is 7.84. The Morgan fingerprint density at radius 1 is 1.28 bits per heavy atom. The summed E-state index contributed by atoms with van der Waals surface area (Å²) in [6.45, 7) is 5.53. The van der Waals surface area contributed by atoms with E-state index >= 15 is 0 Å². The molecule has 2 aromatic heterocycles. The van der Waals surface area contributed by atoms with Gasteiger partial charge in [0.15, 0.2) is 0 Å². The Hall–Kier alpha value is -3.53. The third-order valence-corrected chi connectivity index (χ3v) is 5.72. The van der Waals surface area contributed by atoms with Gasteiger partial charge in [0, 0.05) is 10.4 Å². The number of aromatic nitrogens is 2. The van der Waals surface area contributed by atoms with E-state index in [1.54, 1.807) is 38.1 Å². The summed E-state index contributed by atoms with van der Waals surface area (Å²) in [6, 6.07) is 8.26. The first-order valence-corrected chi connectivity index (χ1v) is 9.48. The third kappa shape index (κ3) is 4.02. The number of hydrogen-bond donors (Lipinski definition) is 2. The maximum atomic E-state index is 12.9. The van der Waals surface area contributed by atoms with Crippen molar-refractivity contribution in [1.82, 2.24) is 9.78 Å². The molecular formula is C19H19N5O4S. The summed E-state index contributed by atoms with van der Waals surface area (Å²) in [4.78, 5) is 36.0. The molecule has 0 aliphatic rings. The van der Waals surface area contributed by atoms with Gasteiger partial charge in [-0.25, -0.2) is 0 Å². The minimum absolute atomic E-state index is 0.189. The molecule has 9 nitrogen and oxygen atoms in total. The van der Waals surface area contributed by atoms with Crippen LogP contribution in [0.3, 0.4) is 0 Å². The highest BCUT2D eigenvalue weighted by atomic mass is 32.1.